The molecule has 2 aliphatic rings. The van der Waals surface area contributed by atoms with Crippen LogP contribution in [0, 0.1) is 0 Å². The van der Waals surface area contributed by atoms with Gasteiger partial charge in [-0.3, -0.25) is 15.6 Å². The van der Waals surface area contributed by atoms with Gasteiger partial charge in [0.2, 0.25) is 0 Å². The lowest BCUT2D eigenvalue weighted by molar-refractivity contribution is 0.0951. The first-order valence-electron chi connectivity index (χ1n) is 7.90. The summed E-state index contributed by atoms with van der Waals surface area (Å²) >= 11 is 6.24. The van der Waals surface area contributed by atoms with E-state index in [1.54, 1.807) is 24.3 Å². The van der Waals surface area contributed by atoms with Crippen molar-refractivity contribution in [3.63, 3.8) is 0 Å². The molecule has 0 spiro atoms. The van der Waals surface area contributed by atoms with Gasteiger partial charge >= 0.3 is 0 Å². The van der Waals surface area contributed by atoms with Crippen molar-refractivity contribution in [1.82, 2.24) is 15.8 Å². The average Bonchev–Trinajstić information content (AvgIpc) is 3.27. The largest absolute Gasteiger partial charge is 0.486 e. The third-order valence-corrected chi connectivity index (χ3v) is 4.34. The summed E-state index contributed by atoms with van der Waals surface area (Å²) in [7, 11) is 0. The normalized spacial score (nSPS) is 15.1. The van der Waals surface area contributed by atoms with Crippen LogP contribution < -0.4 is 32.2 Å². The summed E-state index contributed by atoms with van der Waals surface area (Å²) in [5, 5.41) is 3.49. The van der Waals surface area contributed by atoms with Crippen molar-refractivity contribution in [3.05, 3.63) is 40.4 Å². The second-order valence-corrected chi connectivity index (χ2v) is 6.39. The molecule has 130 valence electrons. The first-order chi connectivity index (χ1) is 12.1. The molecule has 0 bridgehead atoms. The van der Waals surface area contributed by atoms with Gasteiger partial charge in [0.05, 0.1) is 0 Å². The standard InChI is InChI=1S/C16H17ClN6O2/c17-11-4-1-8(16(24)19-10-2-3-10)5-9(11)7-25-12-6-13(18)20-15-14(12)21-23-22-15/h1,4-6,10,21,23H,2-3,7H2,(H,19,24)(H3,18,20,22). The van der Waals surface area contributed by atoms with E-state index in [4.69, 9.17) is 22.1 Å². The van der Waals surface area contributed by atoms with Gasteiger partial charge in [-0.2, -0.15) is 0 Å². The molecule has 0 unspecified atom stereocenters. The van der Waals surface area contributed by atoms with E-state index < -0.39 is 0 Å². The van der Waals surface area contributed by atoms with Crippen molar-refractivity contribution >= 4 is 34.8 Å². The fraction of sp³-hybridized carbons (Fsp3) is 0.250. The maximum absolute atomic E-state index is 12.2. The van der Waals surface area contributed by atoms with E-state index in [1.165, 1.54) is 0 Å². The van der Waals surface area contributed by atoms with Gasteiger partial charge in [0, 0.05) is 28.3 Å². The van der Waals surface area contributed by atoms with Crippen molar-refractivity contribution in [1.29, 1.82) is 0 Å². The molecule has 4 rings (SSSR count). The van der Waals surface area contributed by atoms with E-state index in [9.17, 15) is 4.79 Å². The number of nitrogens with one attached hydrogen (secondary N) is 4. The third kappa shape index (κ3) is 3.40. The quantitative estimate of drug-likeness (QED) is 0.554. The summed E-state index contributed by atoms with van der Waals surface area (Å²) in [6, 6.07) is 7.08. The van der Waals surface area contributed by atoms with Gasteiger partial charge in [-0.05, 0) is 31.0 Å². The van der Waals surface area contributed by atoms with Crippen LogP contribution in [-0.4, -0.2) is 16.9 Å². The number of carbonyl (C=O) groups excluding carboxylic acids is 1. The molecule has 2 aromatic rings. The van der Waals surface area contributed by atoms with E-state index in [2.05, 4.69) is 26.7 Å². The van der Waals surface area contributed by atoms with Gasteiger partial charge in [0.25, 0.3) is 5.91 Å². The highest BCUT2D eigenvalue weighted by atomic mass is 35.5. The van der Waals surface area contributed by atoms with E-state index in [-0.39, 0.29) is 12.5 Å². The number of hydrazine groups is 2. The summed E-state index contributed by atoms with van der Waals surface area (Å²) in [6.45, 7) is 0.195. The molecule has 1 saturated carbocycles. The zero-order valence-corrected chi connectivity index (χ0v) is 14.0. The van der Waals surface area contributed by atoms with E-state index in [1.807, 2.05) is 0 Å². The number of aromatic nitrogens is 1. The Labute approximate surface area is 149 Å². The van der Waals surface area contributed by atoms with Crippen LogP contribution >= 0.6 is 11.6 Å². The van der Waals surface area contributed by atoms with E-state index in [0.29, 0.717) is 45.3 Å². The van der Waals surface area contributed by atoms with Crippen molar-refractivity contribution < 1.29 is 9.53 Å². The Hall–Kier alpha value is -2.71. The van der Waals surface area contributed by atoms with Crippen LogP contribution in [0.2, 0.25) is 5.02 Å². The zero-order chi connectivity index (χ0) is 17.4. The molecule has 1 aliphatic carbocycles. The highest BCUT2D eigenvalue weighted by Crippen LogP contribution is 2.35. The number of anilines is 3. The van der Waals surface area contributed by atoms with E-state index >= 15 is 0 Å². The highest BCUT2D eigenvalue weighted by molar-refractivity contribution is 6.31. The van der Waals surface area contributed by atoms with Gasteiger partial charge in [-0.15, -0.1) is 5.53 Å². The number of pyridine rings is 1. The first kappa shape index (κ1) is 15.8. The second kappa shape index (κ2) is 6.30. The number of nitrogens with two attached hydrogens (primary N) is 1. The fourth-order valence-electron chi connectivity index (χ4n) is 2.50. The number of amides is 1. The predicted octanol–water partition coefficient (Wildman–Crippen LogP) is 2.05. The van der Waals surface area contributed by atoms with Crippen LogP contribution in [0.15, 0.2) is 24.3 Å². The Kier molecular flexibility index (Phi) is 3.98. The molecule has 8 nitrogen and oxygen atoms in total. The lowest BCUT2D eigenvalue weighted by atomic mass is 10.1. The van der Waals surface area contributed by atoms with Crippen LogP contribution in [0.4, 0.5) is 17.3 Å². The molecule has 1 aromatic heterocycles. The number of fused-ring (bicyclic) bond motifs is 1. The Morgan fingerprint density at radius 3 is 3.00 bits per heavy atom. The average molecular weight is 361 g/mol. The Bertz CT molecular complexity index is 840. The molecule has 25 heavy (non-hydrogen) atoms. The zero-order valence-electron chi connectivity index (χ0n) is 13.2. The maximum atomic E-state index is 12.2. The van der Waals surface area contributed by atoms with Gasteiger partial charge in [0.15, 0.2) is 11.6 Å². The number of nitrogens with zero attached hydrogens (tertiary/aromatic N) is 1. The topological polar surface area (TPSA) is 113 Å². The summed E-state index contributed by atoms with van der Waals surface area (Å²) in [5.41, 5.74) is 16.2. The van der Waals surface area contributed by atoms with Crippen molar-refractivity contribution in [2.75, 3.05) is 16.6 Å². The molecule has 2 heterocycles. The number of ether oxygens (including phenoxy) is 1. The fourth-order valence-corrected chi connectivity index (χ4v) is 2.67. The number of nitrogen functional groups attached to an aromatic ring is 1. The molecule has 1 aromatic carbocycles. The number of benzene rings is 1. The van der Waals surface area contributed by atoms with Crippen molar-refractivity contribution in [2.24, 2.45) is 0 Å². The molecule has 1 aliphatic heterocycles. The number of halogens is 1. The van der Waals surface area contributed by atoms with Crippen LogP contribution in [0.1, 0.15) is 28.8 Å². The van der Waals surface area contributed by atoms with Crippen LogP contribution in [0.25, 0.3) is 0 Å². The number of hydrogen-bond acceptors (Lipinski definition) is 7. The highest BCUT2D eigenvalue weighted by Gasteiger charge is 2.24. The van der Waals surface area contributed by atoms with Gasteiger partial charge < -0.3 is 15.8 Å². The van der Waals surface area contributed by atoms with Crippen LogP contribution in [0.5, 0.6) is 5.75 Å². The smallest absolute Gasteiger partial charge is 0.251 e. The van der Waals surface area contributed by atoms with Crippen molar-refractivity contribution in [3.8, 4) is 5.75 Å². The number of rotatable bonds is 5. The van der Waals surface area contributed by atoms with Crippen LogP contribution in [0.3, 0.4) is 0 Å². The van der Waals surface area contributed by atoms with Crippen LogP contribution in [-0.2, 0) is 6.61 Å². The number of carbonyl (C=O) groups is 1. The maximum Gasteiger partial charge on any atom is 0.251 e. The summed E-state index contributed by atoms with van der Waals surface area (Å²) in [6.07, 6.45) is 2.08. The number of hydrogen-bond donors (Lipinski definition) is 5. The molecule has 0 saturated heterocycles. The lowest BCUT2D eigenvalue weighted by Gasteiger charge is -2.12. The lowest BCUT2D eigenvalue weighted by Crippen LogP contribution is -2.25. The predicted molar refractivity (Wildman–Crippen MR) is 95.3 cm³/mol. The summed E-state index contributed by atoms with van der Waals surface area (Å²) in [5.74, 6) is 1.32. The van der Waals surface area contributed by atoms with E-state index in [0.717, 1.165) is 12.8 Å². The molecule has 0 radical (unpaired) electrons. The Balaban J connectivity index is 1.52. The molecular weight excluding hydrogens is 344 g/mol. The third-order valence-electron chi connectivity index (χ3n) is 3.98. The molecule has 0 atom stereocenters. The van der Waals surface area contributed by atoms with Gasteiger partial charge in [-0.1, -0.05) is 11.6 Å². The summed E-state index contributed by atoms with van der Waals surface area (Å²) in [4.78, 5) is 16.3. The SMILES string of the molecule is Nc1cc(OCc2cc(C(=O)NC3CC3)ccc2Cl)c2c(n1)NNN2. The Morgan fingerprint density at radius 2 is 2.20 bits per heavy atom. The molecular formula is C16H17ClN6O2. The van der Waals surface area contributed by atoms with Gasteiger partial charge in [0.1, 0.15) is 18.1 Å². The second-order valence-electron chi connectivity index (χ2n) is 5.99. The van der Waals surface area contributed by atoms with Crippen molar-refractivity contribution in [2.45, 2.75) is 25.5 Å². The van der Waals surface area contributed by atoms with Gasteiger partial charge in [-0.25, -0.2) is 4.98 Å². The molecule has 9 heteroatoms. The molecule has 6 N–H and O–H groups in total. The minimum atomic E-state index is -0.0930. The monoisotopic (exact) mass is 360 g/mol. The minimum Gasteiger partial charge on any atom is -0.486 e. The molecule has 1 fully saturated rings. The minimum absolute atomic E-state index is 0.0930. The molecule has 1 amide bonds. The summed E-state index contributed by atoms with van der Waals surface area (Å²) < 4.78 is 5.85. The Morgan fingerprint density at radius 1 is 1.36 bits per heavy atom. The first-order valence-corrected chi connectivity index (χ1v) is 8.27.